The van der Waals surface area contributed by atoms with Crippen LogP contribution in [-0.4, -0.2) is 72.0 Å². The number of esters is 1. The Labute approximate surface area is 243 Å². The van der Waals surface area contributed by atoms with Gasteiger partial charge < -0.3 is 15.0 Å². The standard InChI is InChI=1S/C32H33ClN4O4/c33-26-12-10-24(11-13-26)31(39)35-29(20-25-21-30(38)34-28-9-5-4-8-27(25)28)32(40)41-19-18-36-14-16-37(17-15-36)22-23-6-2-1-3-7-23/h1-13,21,29H,14-20,22H2,(H,34,38)(H,35,39). The molecule has 1 amide bonds. The Morgan fingerprint density at radius 3 is 2.34 bits per heavy atom. The third-order valence-electron chi connectivity index (χ3n) is 7.32. The molecular weight excluding hydrogens is 540 g/mol. The number of hydrogen-bond acceptors (Lipinski definition) is 6. The van der Waals surface area contributed by atoms with Gasteiger partial charge in [0.05, 0.1) is 0 Å². The van der Waals surface area contributed by atoms with Crippen LogP contribution < -0.4 is 10.9 Å². The van der Waals surface area contributed by atoms with Crippen LogP contribution in [0.4, 0.5) is 0 Å². The van der Waals surface area contributed by atoms with E-state index in [0.717, 1.165) is 38.1 Å². The van der Waals surface area contributed by atoms with Crippen molar-refractivity contribution in [3.05, 3.63) is 117 Å². The number of para-hydroxylation sites is 1. The van der Waals surface area contributed by atoms with E-state index in [-0.39, 0.29) is 18.6 Å². The minimum absolute atomic E-state index is 0.112. The largest absolute Gasteiger partial charge is 0.463 e. The quantitative estimate of drug-likeness (QED) is 0.280. The average Bonchev–Trinajstić information content (AvgIpc) is 2.98. The molecule has 0 bridgehead atoms. The number of piperazine rings is 1. The van der Waals surface area contributed by atoms with Gasteiger partial charge in [-0.25, -0.2) is 4.79 Å². The van der Waals surface area contributed by atoms with Gasteiger partial charge >= 0.3 is 5.97 Å². The van der Waals surface area contributed by atoms with Crippen LogP contribution in [0, 0.1) is 0 Å². The number of hydrogen-bond donors (Lipinski definition) is 2. The van der Waals surface area contributed by atoms with Crippen LogP contribution in [0.15, 0.2) is 89.7 Å². The molecule has 5 rings (SSSR count). The van der Waals surface area contributed by atoms with E-state index in [4.69, 9.17) is 16.3 Å². The highest BCUT2D eigenvalue weighted by Gasteiger charge is 2.25. The summed E-state index contributed by atoms with van der Waals surface area (Å²) in [5, 5.41) is 4.13. The second-order valence-corrected chi connectivity index (χ2v) is 10.6. The number of nitrogens with zero attached hydrogens (tertiary/aromatic N) is 2. The lowest BCUT2D eigenvalue weighted by atomic mass is 10.0. The van der Waals surface area contributed by atoms with E-state index in [2.05, 4.69) is 44.4 Å². The number of fused-ring (bicyclic) bond motifs is 1. The first-order valence-corrected chi connectivity index (χ1v) is 14.1. The molecule has 4 aromatic rings. The number of pyridine rings is 1. The highest BCUT2D eigenvalue weighted by molar-refractivity contribution is 6.30. The number of carbonyl (C=O) groups is 2. The predicted molar refractivity (Wildman–Crippen MR) is 160 cm³/mol. The second kappa shape index (κ2) is 13.6. The summed E-state index contributed by atoms with van der Waals surface area (Å²) < 4.78 is 5.68. The van der Waals surface area contributed by atoms with Gasteiger partial charge in [-0.3, -0.25) is 19.4 Å². The van der Waals surface area contributed by atoms with Gasteiger partial charge in [0.25, 0.3) is 5.91 Å². The van der Waals surface area contributed by atoms with Crippen molar-refractivity contribution in [2.75, 3.05) is 39.3 Å². The molecule has 0 saturated carbocycles. The van der Waals surface area contributed by atoms with Gasteiger partial charge in [0, 0.05) is 73.2 Å². The maximum Gasteiger partial charge on any atom is 0.329 e. The van der Waals surface area contributed by atoms with Crippen molar-refractivity contribution in [1.29, 1.82) is 0 Å². The normalized spacial score (nSPS) is 15.0. The van der Waals surface area contributed by atoms with E-state index < -0.39 is 17.9 Å². The first-order chi connectivity index (χ1) is 19.9. The number of halogens is 1. The van der Waals surface area contributed by atoms with Gasteiger partial charge in [-0.05, 0) is 41.5 Å². The summed E-state index contributed by atoms with van der Waals surface area (Å²) in [6.07, 6.45) is 0.112. The molecule has 3 aromatic carbocycles. The zero-order valence-electron chi connectivity index (χ0n) is 22.7. The smallest absolute Gasteiger partial charge is 0.329 e. The molecule has 1 aromatic heterocycles. The van der Waals surface area contributed by atoms with Crippen LogP contribution in [0.5, 0.6) is 0 Å². The molecule has 8 nitrogen and oxygen atoms in total. The van der Waals surface area contributed by atoms with Crippen LogP contribution in [0.2, 0.25) is 5.02 Å². The number of benzene rings is 3. The van der Waals surface area contributed by atoms with E-state index in [1.54, 1.807) is 30.3 Å². The minimum atomic E-state index is -0.980. The molecule has 1 aliphatic rings. The van der Waals surface area contributed by atoms with Gasteiger partial charge in [-0.1, -0.05) is 60.1 Å². The van der Waals surface area contributed by atoms with Crippen molar-refractivity contribution in [3.8, 4) is 0 Å². The third kappa shape index (κ3) is 7.82. The first-order valence-electron chi connectivity index (χ1n) is 13.8. The Morgan fingerprint density at radius 2 is 1.59 bits per heavy atom. The van der Waals surface area contributed by atoms with E-state index in [9.17, 15) is 14.4 Å². The number of H-pyrrole nitrogens is 1. The molecule has 1 aliphatic heterocycles. The number of carbonyl (C=O) groups excluding carboxylic acids is 2. The zero-order valence-corrected chi connectivity index (χ0v) is 23.5. The van der Waals surface area contributed by atoms with Gasteiger partial charge in [-0.15, -0.1) is 0 Å². The van der Waals surface area contributed by atoms with Crippen LogP contribution in [0.25, 0.3) is 10.9 Å². The molecular formula is C32H33ClN4O4. The lowest BCUT2D eigenvalue weighted by Crippen LogP contribution is -2.47. The SMILES string of the molecule is O=C(NC(Cc1cc(=O)[nH]c2ccccc12)C(=O)OCCN1CCN(Cc2ccccc2)CC1)c1ccc(Cl)cc1. The molecule has 212 valence electrons. The zero-order chi connectivity index (χ0) is 28.6. The third-order valence-corrected chi connectivity index (χ3v) is 7.57. The average molecular weight is 573 g/mol. The highest BCUT2D eigenvalue weighted by atomic mass is 35.5. The van der Waals surface area contributed by atoms with Crippen LogP contribution >= 0.6 is 11.6 Å². The minimum Gasteiger partial charge on any atom is -0.463 e. The van der Waals surface area contributed by atoms with Gasteiger partial charge in [0.2, 0.25) is 5.56 Å². The molecule has 1 fully saturated rings. The maximum absolute atomic E-state index is 13.3. The second-order valence-electron chi connectivity index (χ2n) is 10.2. The number of aromatic amines is 1. The Bertz CT molecular complexity index is 1530. The molecule has 41 heavy (non-hydrogen) atoms. The van der Waals surface area contributed by atoms with Crippen molar-refractivity contribution < 1.29 is 14.3 Å². The van der Waals surface area contributed by atoms with Gasteiger partial charge in [0.1, 0.15) is 12.6 Å². The summed E-state index contributed by atoms with van der Waals surface area (Å²) in [7, 11) is 0. The molecule has 1 atom stereocenters. The predicted octanol–water partition coefficient (Wildman–Crippen LogP) is 3.88. The van der Waals surface area contributed by atoms with Crippen LogP contribution in [0.3, 0.4) is 0 Å². The van der Waals surface area contributed by atoms with E-state index >= 15 is 0 Å². The maximum atomic E-state index is 13.3. The molecule has 0 spiro atoms. The van der Waals surface area contributed by atoms with E-state index in [1.807, 2.05) is 24.3 Å². The van der Waals surface area contributed by atoms with Crippen molar-refractivity contribution in [1.82, 2.24) is 20.1 Å². The Morgan fingerprint density at radius 1 is 0.902 bits per heavy atom. The summed E-state index contributed by atoms with van der Waals surface area (Å²) in [5.74, 6) is -0.966. The Hall–Kier alpha value is -3.98. The van der Waals surface area contributed by atoms with Crippen molar-refractivity contribution in [2.45, 2.75) is 19.0 Å². The highest BCUT2D eigenvalue weighted by Crippen LogP contribution is 2.17. The number of ether oxygens (including phenoxy) is 1. The lowest BCUT2D eigenvalue weighted by Gasteiger charge is -2.34. The monoisotopic (exact) mass is 572 g/mol. The number of amides is 1. The lowest BCUT2D eigenvalue weighted by molar-refractivity contribution is -0.146. The molecule has 1 saturated heterocycles. The molecule has 1 unspecified atom stereocenters. The molecule has 0 radical (unpaired) electrons. The molecule has 2 heterocycles. The summed E-state index contributed by atoms with van der Waals surface area (Å²) in [4.78, 5) is 46.2. The van der Waals surface area contributed by atoms with Crippen LogP contribution in [0.1, 0.15) is 21.5 Å². The first kappa shape index (κ1) is 28.5. The number of rotatable bonds is 10. The Kier molecular flexibility index (Phi) is 9.46. The van der Waals surface area contributed by atoms with E-state index in [0.29, 0.717) is 28.2 Å². The molecule has 2 N–H and O–H groups in total. The number of aromatic nitrogens is 1. The summed E-state index contributed by atoms with van der Waals surface area (Å²) >= 11 is 5.97. The van der Waals surface area contributed by atoms with Crippen LogP contribution in [-0.2, 0) is 22.5 Å². The fourth-order valence-corrected chi connectivity index (χ4v) is 5.22. The molecule has 9 heteroatoms. The van der Waals surface area contributed by atoms with Crippen molar-refractivity contribution in [3.63, 3.8) is 0 Å². The van der Waals surface area contributed by atoms with E-state index in [1.165, 1.54) is 11.6 Å². The fourth-order valence-electron chi connectivity index (χ4n) is 5.09. The van der Waals surface area contributed by atoms with Crippen molar-refractivity contribution in [2.24, 2.45) is 0 Å². The number of nitrogens with one attached hydrogen (secondary N) is 2. The van der Waals surface area contributed by atoms with Gasteiger partial charge in [0.15, 0.2) is 0 Å². The van der Waals surface area contributed by atoms with Gasteiger partial charge in [-0.2, -0.15) is 0 Å². The topological polar surface area (TPSA) is 94.7 Å². The van der Waals surface area contributed by atoms with Crippen molar-refractivity contribution >= 4 is 34.4 Å². The summed E-state index contributed by atoms with van der Waals surface area (Å²) in [6.45, 7) is 5.41. The Balaban J connectivity index is 1.21. The summed E-state index contributed by atoms with van der Waals surface area (Å²) in [5.41, 5.74) is 2.71. The fraction of sp³-hybridized carbons (Fsp3) is 0.281. The summed E-state index contributed by atoms with van der Waals surface area (Å²) in [6, 6.07) is 24.7. The molecule has 0 aliphatic carbocycles.